The van der Waals surface area contributed by atoms with Crippen LogP contribution in [0.15, 0.2) is 54.7 Å². The van der Waals surface area contributed by atoms with Crippen LogP contribution in [0.5, 0.6) is 0 Å². The maximum atomic E-state index is 14.6. The van der Waals surface area contributed by atoms with E-state index in [1.54, 1.807) is 6.07 Å². The zero-order valence-corrected chi connectivity index (χ0v) is 19.2. The van der Waals surface area contributed by atoms with Crippen LogP contribution in [-0.2, 0) is 0 Å². The van der Waals surface area contributed by atoms with Crippen molar-refractivity contribution < 1.29 is 4.39 Å². The molecule has 0 saturated carbocycles. The topological polar surface area (TPSA) is 36.3 Å². The number of benzene rings is 1. The molecule has 162 valence electrons. The molecule has 4 rings (SSSR count). The second-order valence-corrected chi connectivity index (χ2v) is 8.62. The largest absolute Gasteiger partial charge is 0.352 e. The van der Waals surface area contributed by atoms with Gasteiger partial charge in [-0.25, -0.2) is 4.39 Å². The molecule has 0 aliphatic carbocycles. The van der Waals surface area contributed by atoms with Crippen molar-refractivity contribution >= 4 is 17.3 Å². The van der Waals surface area contributed by atoms with Gasteiger partial charge in [0.15, 0.2) is 5.11 Å². The summed E-state index contributed by atoms with van der Waals surface area (Å²) in [5.41, 5.74) is 4.63. The molecule has 3 aromatic rings. The summed E-state index contributed by atoms with van der Waals surface area (Å²) in [6.45, 7) is 5.73. The molecule has 5 nitrogen and oxygen atoms in total. The predicted molar refractivity (Wildman–Crippen MR) is 126 cm³/mol. The summed E-state index contributed by atoms with van der Waals surface area (Å²) >= 11 is 5.75. The third-order valence-corrected chi connectivity index (χ3v) is 6.22. The summed E-state index contributed by atoms with van der Waals surface area (Å²) in [4.78, 5) is 8.99. The van der Waals surface area contributed by atoms with Crippen LogP contribution in [0.25, 0.3) is 5.69 Å². The van der Waals surface area contributed by atoms with Gasteiger partial charge in [0, 0.05) is 30.7 Å². The van der Waals surface area contributed by atoms with Crippen LogP contribution in [0.2, 0.25) is 0 Å². The lowest BCUT2D eigenvalue weighted by molar-refractivity contribution is 0.277. The molecule has 1 aliphatic rings. The Morgan fingerprint density at radius 1 is 1.13 bits per heavy atom. The van der Waals surface area contributed by atoms with Crippen molar-refractivity contribution in [1.82, 2.24) is 24.7 Å². The Hall–Kier alpha value is -2.77. The fourth-order valence-electron chi connectivity index (χ4n) is 4.38. The molecular formula is C24H28FN5S. The summed E-state index contributed by atoms with van der Waals surface area (Å²) < 4.78 is 16.6. The van der Waals surface area contributed by atoms with E-state index in [1.807, 2.05) is 48.0 Å². The third kappa shape index (κ3) is 4.07. The van der Waals surface area contributed by atoms with Gasteiger partial charge < -0.3 is 19.7 Å². The van der Waals surface area contributed by atoms with Crippen molar-refractivity contribution in [3.63, 3.8) is 0 Å². The number of aromatic nitrogens is 2. The SMILES string of the molecule is Cc1cc([C@@H]2[C@@H](c3ccccn3)NC(=S)N2CCN(C)C)c(C)n1-c1ccccc1F. The molecule has 2 atom stereocenters. The minimum absolute atomic E-state index is 0.0333. The predicted octanol–water partition coefficient (Wildman–Crippen LogP) is 4.16. The lowest BCUT2D eigenvalue weighted by Crippen LogP contribution is -2.35. The summed E-state index contributed by atoms with van der Waals surface area (Å²) in [7, 11) is 4.11. The van der Waals surface area contributed by atoms with E-state index >= 15 is 0 Å². The molecule has 0 radical (unpaired) electrons. The lowest BCUT2D eigenvalue weighted by Gasteiger charge is -2.29. The van der Waals surface area contributed by atoms with Crippen molar-refractivity contribution in [2.24, 2.45) is 0 Å². The van der Waals surface area contributed by atoms with Gasteiger partial charge in [-0.3, -0.25) is 4.98 Å². The minimum Gasteiger partial charge on any atom is -0.352 e. The quantitative estimate of drug-likeness (QED) is 0.586. The third-order valence-electron chi connectivity index (χ3n) is 5.87. The van der Waals surface area contributed by atoms with E-state index in [0.717, 1.165) is 40.8 Å². The summed E-state index contributed by atoms with van der Waals surface area (Å²) in [5.74, 6) is -0.235. The van der Waals surface area contributed by atoms with E-state index in [2.05, 4.69) is 47.2 Å². The van der Waals surface area contributed by atoms with Gasteiger partial charge in [0.2, 0.25) is 0 Å². The van der Waals surface area contributed by atoms with Crippen LogP contribution in [0.1, 0.15) is 34.7 Å². The van der Waals surface area contributed by atoms with Crippen LogP contribution in [-0.4, -0.2) is 51.6 Å². The molecule has 2 aromatic heterocycles. The molecule has 3 heterocycles. The summed E-state index contributed by atoms with van der Waals surface area (Å²) in [6, 6.07) is 14.9. The number of nitrogens with zero attached hydrogens (tertiary/aromatic N) is 4. The van der Waals surface area contributed by atoms with Crippen LogP contribution >= 0.6 is 12.2 Å². The number of pyridine rings is 1. The van der Waals surface area contributed by atoms with Crippen molar-refractivity contribution in [2.45, 2.75) is 25.9 Å². The van der Waals surface area contributed by atoms with E-state index in [-0.39, 0.29) is 17.9 Å². The van der Waals surface area contributed by atoms with Crippen molar-refractivity contribution in [1.29, 1.82) is 0 Å². The molecule has 0 bridgehead atoms. The Kier molecular flexibility index (Phi) is 6.07. The minimum atomic E-state index is -0.235. The Morgan fingerprint density at radius 3 is 2.55 bits per heavy atom. The fourth-order valence-corrected chi connectivity index (χ4v) is 4.72. The highest BCUT2D eigenvalue weighted by Crippen LogP contribution is 2.41. The smallest absolute Gasteiger partial charge is 0.170 e. The lowest BCUT2D eigenvalue weighted by atomic mass is 9.96. The Balaban J connectivity index is 1.82. The Labute approximate surface area is 188 Å². The van der Waals surface area contributed by atoms with Gasteiger partial charge in [0.1, 0.15) is 5.82 Å². The number of nitrogens with one attached hydrogen (secondary N) is 1. The van der Waals surface area contributed by atoms with E-state index in [9.17, 15) is 4.39 Å². The first-order chi connectivity index (χ1) is 14.9. The molecule has 1 saturated heterocycles. The fraction of sp³-hybridized carbons (Fsp3) is 0.333. The molecule has 0 spiro atoms. The van der Waals surface area contributed by atoms with E-state index < -0.39 is 0 Å². The standard InChI is InChI=1S/C24H28FN5S/c1-16-15-18(17(2)30(16)21-11-6-5-9-19(21)25)23-22(20-10-7-8-12-26-20)27-24(31)29(23)14-13-28(3)4/h5-12,15,22-23H,13-14H2,1-4H3,(H,27,31)/t22-,23-/m1/s1. The van der Waals surface area contributed by atoms with Gasteiger partial charge in [-0.1, -0.05) is 18.2 Å². The second-order valence-electron chi connectivity index (χ2n) is 8.24. The van der Waals surface area contributed by atoms with Crippen LogP contribution in [0.3, 0.4) is 0 Å². The molecule has 1 aromatic carbocycles. The van der Waals surface area contributed by atoms with Crippen molar-refractivity contribution in [3.05, 3.63) is 83.2 Å². The monoisotopic (exact) mass is 437 g/mol. The number of hydrogen-bond donors (Lipinski definition) is 1. The summed E-state index contributed by atoms with van der Waals surface area (Å²) in [6.07, 6.45) is 1.81. The molecule has 1 N–H and O–H groups in total. The van der Waals surface area contributed by atoms with Gasteiger partial charge in [0.05, 0.1) is 23.5 Å². The molecule has 1 aliphatic heterocycles. The van der Waals surface area contributed by atoms with Gasteiger partial charge in [-0.2, -0.15) is 0 Å². The first-order valence-electron chi connectivity index (χ1n) is 10.4. The molecule has 31 heavy (non-hydrogen) atoms. The average molecular weight is 438 g/mol. The van der Waals surface area contributed by atoms with Gasteiger partial charge in [-0.05, 0) is 76.1 Å². The highest BCUT2D eigenvalue weighted by molar-refractivity contribution is 7.80. The van der Waals surface area contributed by atoms with Crippen LogP contribution < -0.4 is 5.32 Å². The maximum absolute atomic E-state index is 14.6. The number of likely N-dealkylation sites (N-methyl/N-ethyl adjacent to an activating group) is 1. The van der Waals surface area contributed by atoms with Gasteiger partial charge in [-0.15, -0.1) is 0 Å². The van der Waals surface area contributed by atoms with Gasteiger partial charge in [0.25, 0.3) is 0 Å². The average Bonchev–Trinajstić information content (AvgIpc) is 3.23. The normalized spacial score (nSPS) is 18.6. The highest BCUT2D eigenvalue weighted by Gasteiger charge is 2.41. The zero-order chi connectivity index (χ0) is 22.1. The first-order valence-corrected chi connectivity index (χ1v) is 10.9. The number of aryl methyl sites for hydroxylation is 1. The first kappa shape index (κ1) is 21.5. The summed E-state index contributed by atoms with van der Waals surface area (Å²) in [5, 5.41) is 4.21. The van der Waals surface area contributed by atoms with Crippen molar-refractivity contribution in [2.75, 3.05) is 27.2 Å². The molecule has 1 fully saturated rings. The van der Waals surface area contributed by atoms with Gasteiger partial charge >= 0.3 is 0 Å². The molecular weight excluding hydrogens is 409 g/mol. The Morgan fingerprint density at radius 2 is 1.87 bits per heavy atom. The Bertz CT molecular complexity index is 1080. The number of rotatable bonds is 6. The van der Waals surface area contributed by atoms with Crippen LogP contribution in [0, 0.1) is 19.7 Å². The van der Waals surface area contributed by atoms with E-state index in [1.165, 1.54) is 6.07 Å². The maximum Gasteiger partial charge on any atom is 0.170 e. The second kappa shape index (κ2) is 8.77. The van der Waals surface area contributed by atoms with Crippen LogP contribution in [0.4, 0.5) is 4.39 Å². The zero-order valence-electron chi connectivity index (χ0n) is 18.3. The van der Waals surface area contributed by atoms with E-state index in [0.29, 0.717) is 5.69 Å². The van der Waals surface area contributed by atoms with E-state index in [4.69, 9.17) is 12.2 Å². The molecule has 0 unspecified atom stereocenters. The highest BCUT2D eigenvalue weighted by atomic mass is 32.1. The van der Waals surface area contributed by atoms with Crippen molar-refractivity contribution in [3.8, 4) is 5.69 Å². The number of hydrogen-bond acceptors (Lipinski definition) is 3. The number of para-hydroxylation sites is 1. The molecule has 7 heteroatoms. The number of thiocarbonyl (C=S) groups is 1. The molecule has 0 amide bonds. The number of halogens is 1.